The summed E-state index contributed by atoms with van der Waals surface area (Å²) in [5.74, 6) is -0.365. The molecule has 4 heteroatoms. The Labute approximate surface area is 71.9 Å². The molecule has 1 atom stereocenters. The number of amides is 2. The monoisotopic (exact) mass is 170 g/mol. The molecule has 0 aromatic rings. The van der Waals surface area contributed by atoms with Gasteiger partial charge in [-0.05, 0) is 6.42 Å². The molecule has 0 radical (unpaired) electrons. The lowest BCUT2D eigenvalue weighted by molar-refractivity contribution is -0.142. The van der Waals surface area contributed by atoms with Crippen LogP contribution in [0.2, 0.25) is 0 Å². The Morgan fingerprint density at radius 1 is 1.58 bits per heavy atom. The van der Waals surface area contributed by atoms with E-state index in [9.17, 15) is 9.59 Å². The first-order valence-electron chi connectivity index (χ1n) is 4.27. The van der Waals surface area contributed by atoms with Crippen LogP contribution in [0.25, 0.3) is 0 Å². The minimum absolute atomic E-state index is 0.103. The summed E-state index contributed by atoms with van der Waals surface area (Å²) in [6.45, 7) is 4.43. The Balaban J connectivity index is 2.52. The van der Waals surface area contributed by atoms with Gasteiger partial charge in [0.1, 0.15) is 0 Å². The van der Waals surface area contributed by atoms with Crippen LogP contribution in [0.15, 0.2) is 0 Å². The van der Waals surface area contributed by atoms with Gasteiger partial charge in [-0.2, -0.15) is 0 Å². The third-order valence-corrected chi connectivity index (χ3v) is 1.89. The average molecular weight is 170 g/mol. The molecule has 4 nitrogen and oxygen atoms in total. The zero-order valence-corrected chi connectivity index (χ0v) is 7.46. The first-order chi connectivity index (χ1) is 5.66. The number of hydrogen-bond acceptors (Lipinski definition) is 3. The molecule has 0 bridgehead atoms. The van der Waals surface area contributed by atoms with Crippen LogP contribution < -0.4 is 5.43 Å². The van der Waals surface area contributed by atoms with Gasteiger partial charge < -0.3 is 0 Å². The predicted octanol–water partition coefficient (Wildman–Crippen LogP) is 0.296. The summed E-state index contributed by atoms with van der Waals surface area (Å²) >= 11 is 0. The van der Waals surface area contributed by atoms with Crippen LogP contribution in [-0.4, -0.2) is 23.4 Å². The topological polar surface area (TPSA) is 49.4 Å². The molecule has 1 heterocycles. The van der Waals surface area contributed by atoms with Crippen molar-refractivity contribution in [2.75, 3.05) is 6.54 Å². The Morgan fingerprint density at radius 3 is 2.67 bits per heavy atom. The van der Waals surface area contributed by atoms with Gasteiger partial charge in [0.05, 0.1) is 0 Å². The van der Waals surface area contributed by atoms with E-state index in [4.69, 9.17) is 0 Å². The highest BCUT2D eigenvalue weighted by molar-refractivity contribution is 6.02. The maximum atomic E-state index is 11.3. The second-order valence-corrected chi connectivity index (χ2v) is 3.08. The molecule has 1 N–H and O–H groups in total. The van der Waals surface area contributed by atoms with Crippen LogP contribution in [-0.2, 0) is 9.59 Å². The van der Waals surface area contributed by atoms with Crippen LogP contribution in [0.3, 0.4) is 0 Å². The summed E-state index contributed by atoms with van der Waals surface area (Å²) < 4.78 is 0. The van der Waals surface area contributed by atoms with E-state index >= 15 is 0 Å². The van der Waals surface area contributed by atoms with Crippen molar-refractivity contribution in [1.82, 2.24) is 10.4 Å². The zero-order valence-electron chi connectivity index (χ0n) is 7.46. The summed E-state index contributed by atoms with van der Waals surface area (Å²) in [7, 11) is 0. The number of hydrogen-bond donors (Lipinski definition) is 1. The summed E-state index contributed by atoms with van der Waals surface area (Å²) in [5, 5.41) is 1.15. The molecular weight excluding hydrogens is 156 g/mol. The van der Waals surface area contributed by atoms with Gasteiger partial charge in [0.25, 0.3) is 0 Å². The van der Waals surface area contributed by atoms with Gasteiger partial charge in [-0.3, -0.25) is 9.59 Å². The SMILES string of the molecule is CCCNN1C(=O)CC(C)C1=O. The van der Waals surface area contributed by atoms with Gasteiger partial charge in [0.2, 0.25) is 11.8 Å². The second-order valence-electron chi connectivity index (χ2n) is 3.08. The second kappa shape index (κ2) is 3.67. The molecule has 0 saturated carbocycles. The van der Waals surface area contributed by atoms with Gasteiger partial charge in [0, 0.05) is 18.9 Å². The summed E-state index contributed by atoms with van der Waals surface area (Å²) in [4.78, 5) is 22.4. The molecule has 1 aliphatic rings. The fourth-order valence-electron chi connectivity index (χ4n) is 1.17. The number of nitrogens with zero attached hydrogens (tertiary/aromatic N) is 1. The average Bonchev–Trinajstić information content (AvgIpc) is 2.25. The van der Waals surface area contributed by atoms with Crippen molar-refractivity contribution in [1.29, 1.82) is 0 Å². The maximum absolute atomic E-state index is 11.3. The third kappa shape index (κ3) is 1.64. The quantitative estimate of drug-likeness (QED) is 0.619. The van der Waals surface area contributed by atoms with E-state index in [0.717, 1.165) is 11.4 Å². The van der Waals surface area contributed by atoms with Crippen LogP contribution in [0.5, 0.6) is 0 Å². The Morgan fingerprint density at radius 2 is 2.25 bits per heavy atom. The lowest BCUT2D eigenvalue weighted by Crippen LogP contribution is -2.42. The molecule has 0 aromatic heterocycles. The molecule has 2 amide bonds. The lowest BCUT2D eigenvalue weighted by Gasteiger charge is -2.14. The standard InChI is InChI=1S/C8H14N2O2/c1-3-4-9-10-7(11)5-6(2)8(10)12/h6,9H,3-5H2,1-2H3. The largest absolute Gasteiger partial charge is 0.273 e. The zero-order chi connectivity index (χ0) is 9.14. The fraction of sp³-hybridized carbons (Fsp3) is 0.750. The molecular formula is C8H14N2O2. The third-order valence-electron chi connectivity index (χ3n) is 1.89. The van der Waals surface area contributed by atoms with Crippen LogP contribution in [0, 0.1) is 5.92 Å². The molecule has 1 aliphatic heterocycles. The smallest absolute Gasteiger partial charge is 0.247 e. The molecule has 0 spiro atoms. The molecule has 12 heavy (non-hydrogen) atoms. The van der Waals surface area contributed by atoms with E-state index in [0.29, 0.717) is 13.0 Å². The van der Waals surface area contributed by atoms with Crippen molar-refractivity contribution in [3.05, 3.63) is 0 Å². The number of nitrogens with one attached hydrogen (secondary N) is 1. The number of imide groups is 1. The van der Waals surface area contributed by atoms with Crippen molar-refractivity contribution < 1.29 is 9.59 Å². The molecule has 0 aliphatic carbocycles. The minimum Gasteiger partial charge on any atom is -0.273 e. The first kappa shape index (κ1) is 9.19. The number of rotatable bonds is 3. The van der Waals surface area contributed by atoms with Crippen LogP contribution >= 0.6 is 0 Å². The van der Waals surface area contributed by atoms with Gasteiger partial charge >= 0.3 is 0 Å². The number of carbonyl (C=O) groups is 2. The van der Waals surface area contributed by atoms with E-state index in [-0.39, 0.29) is 17.7 Å². The van der Waals surface area contributed by atoms with Crippen LogP contribution in [0.4, 0.5) is 0 Å². The summed E-state index contributed by atoms with van der Waals surface area (Å²) in [6.07, 6.45) is 1.25. The van der Waals surface area contributed by atoms with E-state index in [1.807, 2.05) is 6.92 Å². The highest BCUT2D eigenvalue weighted by Gasteiger charge is 2.35. The van der Waals surface area contributed by atoms with Crippen molar-refractivity contribution in [2.45, 2.75) is 26.7 Å². The summed E-state index contributed by atoms with van der Waals surface area (Å²) in [6, 6.07) is 0. The lowest BCUT2D eigenvalue weighted by atomic mass is 10.1. The number of carbonyl (C=O) groups excluding carboxylic acids is 2. The van der Waals surface area contributed by atoms with Crippen molar-refractivity contribution in [3.63, 3.8) is 0 Å². The molecule has 68 valence electrons. The predicted molar refractivity (Wildman–Crippen MR) is 43.9 cm³/mol. The van der Waals surface area contributed by atoms with Crippen molar-refractivity contribution >= 4 is 11.8 Å². The van der Waals surface area contributed by atoms with Crippen molar-refractivity contribution in [2.24, 2.45) is 5.92 Å². The van der Waals surface area contributed by atoms with Crippen molar-refractivity contribution in [3.8, 4) is 0 Å². The Hall–Kier alpha value is -0.900. The summed E-state index contributed by atoms with van der Waals surface area (Å²) in [5.41, 5.74) is 2.80. The van der Waals surface area contributed by atoms with Gasteiger partial charge in [0.15, 0.2) is 0 Å². The highest BCUT2D eigenvalue weighted by Crippen LogP contribution is 2.16. The molecule has 1 rings (SSSR count). The molecule has 0 aromatic carbocycles. The normalized spacial score (nSPS) is 23.8. The van der Waals surface area contributed by atoms with E-state index in [2.05, 4.69) is 5.43 Å². The Bertz CT molecular complexity index is 203. The fourth-order valence-corrected chi connectivity index (χ4v) is 1.17. The van der Waals surface area contributed by atoms with E-state index in [1.54, 1.807) is 6.92 Å². The molecule has 1 saturated heterocycles. The van der Waals surface area contributed by atoms with Gasteiger partial charge in [-0.1, -0.05) is 13.8 Å². The van der Waals surface area contributed by atoms with Gasteiger partial charge in [-0.25, -0.2) is 10.4 Å². The van der Waals surface area contributed by atoms with E-state index in [1.165, 1.54) is 0 Å². The molecule has 1 unspecified atom stereocenters. The highest BCUT2D eigenvalue weighted by atomic mass is 16.2. The van der Waals surface area contributed by atoms with E-state index < -0.39 is 0 Å². The maximum Gasteiger partial charge on any atom is 0.247 e. The molecule has 1 fully saturated rings. The minimum atomic E-state index is -0.151. The van der Waals surface area contributed by atoms with Crippen LogP contribution in [0.1, 0.15) is 26.7 Å². The number of hydrazine groups is 1. The first-order valence-corrected chi connectivity index (χ1v) is 4.27. The van der Waals surface area contributed by atoms with Gasteiger partial charge in [-0.15, -0.1) is 0 Å². The Kier molecular flexibility index (Phi) is 2.81.